The van der Waals surface area contributed by atoms with Crippen molar-refractivity contribution < 1.29 is 22.7 Å². The Morgan fingerprint density at radius 3 is 2.08 bits per heavy atom. The first kappa shape index (κ1) is 29.0. The van der Waals surface area contributed by atoms with Crippen LogP contribution in [0.4, 0.5) is 5.69 Å². The number of amides is 2. The minimum absolute atomic E-state index is 0.00445. The molecule has 0 aliphatic heterocycles. The summed E-state index contributed by atoms with van der Waals surface area (Å²) in [7, 11) is -2.65. The number of hydrogen-bond acceptors (Lipinski definition) is 5. The second-order valence-electron chi connectivity index (χ2n) is 9.01. The molecule has 8 nitrogen and oxygen atoms in total. The van der Waals surface area contributed by atoms with Gasteiger partial charge in [0.15, 0.2) is 0 Å². The third kappa shape index (κ3) is 7.26. The monoisotopic (exact) mass is 557 g/mol. The summed E-state index contributed by atoms with van der Waals surface area (Å²) in [5.74, 6) is -0.371. The average Bonchev–Trinajstić information content (AvgIpc) is 2.90. The molecule has 1 atom stereocenters. The first-order valence-corrected chi connectivity index (χ1v) is 13.9. The molecule has 0 bridgehead atoms. The van der Waals surface area contributed by atoms with Gasteiger partial charge in [-0.1, -0.05) is 41.9 Å². The Kier molecular flexibility index (Phi) is 9.77. The number of halogens is 1. The molecule has 3 aromatic carbocycles. The molecule has 1 N–H and O–H groups in total. The fourth-order valence-electron chi connectivity index (χ4n) is 3.77. The van der Waals surface area contributed by atoms with Crippen molar-refractivity contribution in [3.63, 3.8) is 0 Å². The van der Waals surface area contributed by atoms with E-state index in [4.69, 9.17) is 16.3 Å². The number of hydrogen-bond donors (Lipinski definition) is 1. The molecule has 3 aromatic rings. The summed E-state index contributed by atoms with van der Waals surface area (Å²) >= 11 is 6.02. The third-order valence-electron chi connectivity index (χ3n) is 5.83. The second kappa shape index (κ2) is 12.8. The van der Waals surface area contributed by atoms with Crippen molar-refractivity contribution in [2.24, 2.45) is 0 Å². The van der Waals surface area contributed by atoms with Crippen LogP contribution in [0.2, 0.25) is 5.02 Å². The molecule has 0 fully saturated rings. The molecule has 0 saturated heterocycles. The van der Waals surface area contributed by atoms with Gasteiger partial charge in [-0.3, -0.25) is 13.9 Å². The van der Waals surface area contributed by atoms with E-state index in [0.29, 0.717) is 16.5 Å². The SMILES string of the molecule is COc1ccc(S(=O)(=O)N(CC(=O)N(Cc2ccc(Cl)cc2)[C@H](C)C(=O)NC(C)C)c2ccccc2)cc1. The van der Waals surface area contributed by atoms with Gasteiger partial charge in [0.05, 0.1) is 17.7 Å². The number of nitrogens with zero attached hydrogens (tertiary/aromatic N) is 2. The minimum Gasteiger partial charge on any atom is -0.497 e. The number of nitrogens with one attached hydrogen (secondary N) is 1. The van der Waals surface area contributed by atoms with Gasteiger partial charge in [-0.2, -0.15) is 0 Å². The van der Waals surface area contributed by atoms with E-state index in [-0.39, 0.29) is 23.4 Å². The highest BCUT2D eigenvalue weighted by molar-refractivity contribution is 7.92. The molecule has 0 heterocycles. The summed E-state index contributed by atoms with van der Waals surface area (Å²) < 4.78 is 33.7. The van der Waals surface area contributed by atoms with E-state index < -0.39 is 28.5 Å². The molecule has 3 rings (SSSR count). The van der Waals surface area contributed by atoms with E-state index in [2.05, 4.69) is 5.32 Å². The lowest BCUT2D eigenvalue weighted by molar-refractivity contribution is -0.139. The highest BCUT2D eigenvalue weighted by atomic mass is 35.5. The standard InChI is InChI=1S/C28H32ClN3O5S/c1-20(2)30-28(34)21(3)31(18-22-10-12-23(29)13-11-22)27(33)19-32(24-8-6-5-7-9-24)38(35,36)26-16-14-25(37-4)15-17-26/h5-17,20-21H,18-19H2,1-4H3,(H,30,34)/t21-/m1/s1. The Balaban J connectivity index is 1.99. The summed E-state index contributed by atoms with van der Waals surface area (Å²) in [6.45, 7) is 4.86. The fourth-order valence-corrected chi connectivity index (χ4v) is 5.31. The molecule has 2 amide bonds. The Labute approximate surface area is 229 Å². The molecular weight excluding hydrogens is 526 g/mol. The molecule has 0 aliphatic carbocycles. The van der Waals surface area contributed by atoms with Gasteiger partial charge in [0.25, 0.3) is 10.0 Å². The Bertz CT molecular complexity index is 1330. The molecule has 202 valence electrons. The summed E-state index contributed by atoms with van der Waals surface area (Å²) in [6, 6.07) is 20.3. The number of carbonyl (C=O) groups is 2. The summed E-state index contributed by atoms with van der Waals surface area (Å²) in [4.78, 5) is 28.1. The number of rotatable bonds is 11. The van der Waals surface area contributed by atoms with E-state index in [9.17, 15) is 18.0 Å². The molecular formula is C28H32ClN3O5S. The van der Waals surface area contributed by atoms with Crippen molar-refractivity contribution in [3.05, 3.63) is 89.4 Å². The average molecular weight is 558 g/mol. The van der Waals surface area contributed by atoms with Gasteiger partial charge in [-0.05, 0) is 74.9 Å². The Hall–Kier alpha value is -3.56. The summed E-state index contributed by atoms with van der Waals surface area (Å²) in [6.07, 6.45) is 0. The number of anilines is 1. The zero-order valence-electron chi connectivity index (χ0n) is 21.8. The number of ether oxygens (including phenoxy) is 1. The molecule has 38 heavy (non-hydrogen) atoms. The van der Waals surface area contributed by atoms with Crippen LogP contribution in [0, 0.1) is 0 Å². The van der Waals surface area contributed by atoms with Crippen molar-refractivity contribution in [2.75, 3.05) is 18.0 Å². The van der Waals surface area contributed by atoms with Gasteiger partial charge in [0.1, 0.15) is 18.3 Å². The highest BCUT2D eigenvalue weighted by Crippen LogP contribution is 2.26. The molecule has 0 saturated carbocycles. The number of benzene rings is 3. The molecule has 0 spiro atoms. The van der Waals surface area contributed by atoms with E-state index >= 15 is 0 Å². The first-order chi connectivity index (χ1) is 18.0. The van der Waals surface area contributed by atoms with Crippen LogP contribution >= 0.6 is 11.6 Å². The predicted molar refractivity (Wildman–Crippen MR) is 149 cm³/mol. The number of methoxy groups -OCH3 is 1. The van der Waals surface area contributed by atoms with E-state index in [0.717, 1.165) is 9.87 Å². The maximum absolute atomic E-state index is 13.8. The smallest absolute Gasteiger partial charge is 0.264 e. The Morgan fingerprint density at radius 1 is 0.921 bits per heavy atom. The van der Waals surface area contributed by atoms with Crippen LogP contribution in [-0.2, 0) is 26.2 Å². The molecule has 0 aliphatic rings. The quantitative estimate of drug-likeness (QED) is 0.375. The van der Waals surface area contributed by atoms with E-state index in [1.165, 1.54) is 24.1 Å². The van der Waals surface area contributed by atoms with Gasteiger partial charge in [-0.15, -0.1) is 0 Å². The predicted octanol–water partition coefficient (Wildman–Crippen LogP) is 4.49. The van der Waals surface area contributed by atoms with Crippen LogP contribution in [0.1, 0.15) is 26.3 Å². The van der Waals surface area contributed by atoms with E-state index in [1.54, 1.807) is 73.7 Å². The molecule has 0 radical (unpaired) electrons. The normalized spacial score (nSPS) is 12.1. The highest BCUT2D eigenvalue weighted by Gasteiger charge is 2.32. The maximum Gasteiger partial charge on any atom is 0.264 e. The lowest BCUT2D eigenvalue weighted by Gasteiger charge is -2.32. The zero-order valence-corrected chi connectivity index (χ0v) is 23.4. The van der Waals surface area contributed by atoms with Crippen LogP contribution in [0.3, 0.4) is 0 Å². The van der Waals surface area contributed by atoms with Crippen LogP contribution in [0.15, 0.2) is 83.8 Å². The minimum atomic E-state index is -4.14. The molecule has 0 aromatic heterocycles. The summed E-state index contributed by atoms with van der Waals surface area (Å²) in [5.41, 5.74) is 1.07. The van der Waals surface area contributed by atoms with E-state index in [1.807, 2.05) is 13.8 Å². The maximum atomic E-state index is 13.8. The second-order valence-corrected chi connectivity index (χ2v) is 11.3. The van der Waals surface area contributed by atoms with Crippen LogP contribution in [-0.4, -0.2) is 50.9 Å². The topological polar surface area (TPSA) is 96.0 Å². The van der Waals surface area contributed by atoms with Crippen LogP contribution < -0.4 is 14.4 Å². The number of para-hydroxylation sites is 1. The van der Waals surface area contributed by atoms with Gasteiger partial charge in [0, 0.05) is 17.6 Å². The Morgan fingerprint density at radius 2 is 1.53 bits per heavy atom. The van der Waals surface area contributed by atoms with Gasteiger partial charge in [0.2, 0.25) is 11.8 Å². The zero-order chi connectivity index (χ0) is 27.9. The molecule has 0 unspecified atom stereocenters. The van der Waals surface area contributed by atoms with Crippen LogP contribution in [0.25, 0.3) is 0 Å². The van der Waals surface area contributed by atoms with Crippen molar-refractivity contribution in [2.45, 2.75) is 44.3 Å². The first-order valence-electron chi connectivity index (χ1n) is 12.1. The van der Waals surface area contributed by atoms with Crippen LogP contribution in [0.5, 0.6) is 5.75 Å². The van der Waals surface area contributed by atoms with Gasteiger partial charge in [-0.25, -0.2) is 8.42 Å². The fraction of sp³-hybridized carbons (Fsp3) is 0.286. The number of carbonyl (C=O) groups excluding carboxylic acids is 2. The van der Waals surface area contributed by atoms with Crippen molar-refractivity contribution >= 4 is 39.1 Å². The largest absolute Gasteiger partial charge is 0.497 e. The third-order valence-corrected chi connectivity index (χ3v) is 7.87. The van der Waals surface area contributed by atoms with Gasteiger partial charge < -0.3 is 15.0 Å². The van der Waals surface area contributed by atoms with Crippen molar-refractivity contribution in [1.29, 1.82) is 0 Å². The number of sulfonamides is 1. The lowest BCUT2D eigenvalue weighted by Crippen LogP contribution is -2.52. The van der Waals surface area contributed by atoms with Crippen molar-refractivity contribution in [1.82, 2.24) is 10.2 Å². The lowest BCUT2D eigenvalue weighted by atomic mass is 10.1. The summed E-state index contributed by atoms with van der Waals surface area (Å²) in [5, 5.41) is 3.37. The van der Waals surface area contributed by atoms with Crippen molar-refractivity contribution in [3.8, 4) is 5.75 Å². The van der Waals surface area contributed by atoms with Gasteiger partial charge >= 0.3 is 0 Å². The molecule has 10 heteroatoms.